The molecule has 74 valence electrons. The summed E-state index contributed by atoms with van der Waals surface area (Å²) < 4.78 is 17.8. The van der Waals surface area contributed by atoms with Crippen LogP contribution in [-0.4, -0.2) is 30.6 Å². The van der Waals surface area contributed by atoms with Gasteiger partial charge in [-0.2, -0.15) is 0 Å². The fraction of sp³-hybridized carbons (Fsp3) is 0.125. The summed E-state index contributed by atoms with van der Waals surface area (Å²) in [4.78, 5) is 10.5. The highest BCUT2D eigenvalue weighted by molar-refractivity contribution is 6.60. The van der Waals surface area contributed by atoms with Gasteiger partial charge in [-0.25, -0.2) is 4.39 Å². The first-order chi connectivity index (χ1) is 6.61. The number of rotatable bonds is 3. The maximum Gasteiger partial charge on any atom is 0.495 e. The molecule has 1 rings (SSSR count). The Balaban J connectivity index is 3.42. The fourth-order valence-corrected chi connectivity index (χ4v) is 1.15. The smallest absolute Gasteiger partial charge is 0.495 e. The SMILES string of the molecule is COc1c(C=O)ccc(F)c1B(O)O. The van der Waals surface area contributed by atoms with E-state index in [1.165, 1.54) is 13.2 Å². The molecule has 0 spiro atoms. The molecule has 0 bridgehead atoms. The zero-order chi connectivity index (χ0) is 10.7. The minimum absolute atomic E-state index is 0.0667. The molecule has 0 aromatic heterocycles. The van der Waals surface area contributed by atoms with E-state index in [2.05, 4.69) is 0 Å². The first kappa shape index (κ1) is 10.7. The summed E-state index contributed by atoms with van der Waals surface area (Å²) in [5.41, 5.74) is -0.367. The third-order valence-corrected chi connectivity index (χ3v) is 1.76. The summed E-state index contributed by atoms with van der Waals surface area (Å²) in [5.74, 6) is -0.988. The van der Waals surface area contributed by atoms with Crippen molar-refractivity contribution in [3.63, 3.8) is 0 Å². The third-order valence-electron chi connectivity index (χ3n) is 1.76. The molecule has 0 saturated heterocycles. The molecule has 0 aliphatic rings. The average Bonchev–Trinajstić information content (AvgIpc) is 2.16. The third kappa shape index (κ3) is 1.76. The highest BCUT2D eigenvalue weighted by Crippen LogP contribution is 2.15. The van der Waals surface area contributed by atoms with Crippen LogP contribution < -0.4 is 10.2 Å². The number of hydrogen-bond acceptors (Lipinski definition) is 4. The van der Waals surface area contributed by atoms with Crippen LogP contribution in [0.4, 0.5) is 4.39 Å². The van der Waals surface area contributed by atoms with Crippen LogP contribution in [0.25, 0.3) is 0 Å². The van der Waals surface area contributed by atoms with Crippen molar-refractivity contribution in [1.29, 1.82) is 0 Å². The van der Waals surface area contributed by atoms with Crippen molar-refractivity contribution in [1.82, 2.24) is 0 Å². The summed E-state index contributed by atoms with van der Waals surface area (Å²) in [5, 5.41) is 17.7. The van der Waals surface area contributed by atoms with Crippen molar-refractivity contribution in [3.8, 4) is 5.75 Å². The number of carbonyl (C=O) groups excluding carboxylic acids is 1. The Morgan fingerprint density at radius 3 is 2.57 bits per heavy atom. The molecule has 0 aliphatic heterocycles. The predicted octanol–water partition coefficient (Wildman–Crippen LogP) is -0.673. The lowest BCUT2D eigenvalue weighted by molar-refractivity contribution is 0.112. The number of hydrogen-bond donors (Lipinski definition) is 2. The van der Waals surface area contributed by atoms with Crippen molar-refractivity contribution in [2.45, 2.75) is 0 Å². The number of methoxy groups -OCH3 is 1. The van der Waals surface area contributed by atoms with Crippen LogP contribution in [0.3, 0.4) is 0 Å². The van der Waals surface area contributed by atoms with E-state index in [-0.39, 0.29) is 11.3 Å². The first-order valence-corrected chi connectivity index (χ1v) is 3.79. The highest BCUT2D eigenvalue weighted by atomic mass is 19.1. The van der Waals surface area contributed by atoms with Gasteiger partial charge in [-0.3, -0.25) is 4.79 Å². The van der Waals surface area contributed by atoms with E-state index in [9.17, 15) is 9.18 Å². The van der Waals surface area contributed by atoms with Crippen LogP contribution in [-0.2, 0) is 0 Å². The molecule has 6 heteroatoms. The van der Waals surface area contributed by atoms with Gasteiger partial charge in [-0.05, 0) is 12.1 Å². The normalized spacial score (nSPS) is 9.71. The molecule has 0 atom stereocenters. The summed E-state index contributed by atoms with van der Waals surface area (Å²) in [6, 6.07) is 2.17. The van der Waals surface area contributed by atoms with E-state index < -0.39 is 18.4 Å². The largest absolute Gasteiger partial charge is 0.496 e. The number of halogens is 1. The summed E-state index contributed by atoms with van der Waals surface area (Å²) in [7, 11) is -0.793. The van der Waals surface area contributed by atoms with Crippen LogP contribution >= 0.6 is 0 Å². The van der Waals surface area contributed by atoms with Crippen LogP contribution in [0.1, 0.15) is 10.4 Å². The Hall–Kier alpha value is -1.40. The van der Waals surface area contributed by atoms with E-state index in [0.717, 1.165) is 6.07 Å². The zero-order valence-electron chi connectivity index (χ0n) is 7.40. The second kappa shape index (κ2) is 4.21. The van der Waals surface area contributed by atoms with Gasteiger partial charge >= 0.3 is 7.12 Å². The van der Waals surface area contributed by atoms with Gasteiger partial charge in [0.15, 0.2) is 6.29 Å². The van der Waals surface area contributed by atoms with Crippen LogP contribution in [0.15, 0.2) is 12.1 Å². The predicted molar refractivity (Wildman–Crippen MR) is 48.2 cm³/mol. The minimum atomic E-state index is -2.01. The number of benzene rings is 1. The summed E-state index contributed by atoms with van der Waals surface area (Å²) in [6.07, 6.45) is 0.449. The Bertz CT molecular complexity index is 353. The monoisotopic (exact) mass is 198 g/mol. The molecular weight excluding hydrogens is 190 g/mol. The van der Waals surface area contributed by atoms with E-state index >= 15 is 0 Å². The van der Waals surface area contributed by atoms with E-state index in [1.54, 1.807) is 0 Å². The van der Waals surface area contributed by atoms with E-state index in [1.807, 2.05) is 0 Å². The van der Waals surface area contributed by atoms with Crippen molar-refractivity contribution < 1.29 is 24.0 Å². The molecule has 1 aromatic rings. The molecule has 0 fully saturated rings. The van der Waals surface area contributed by atoms with E-state index in [4.69, 9.17) is 14.8 Å². The molecular formula is C8H8BFO4. The number of aldehydes is 1. The molecule has 4 nitrogen and oxygen atoms in total. The van der Waals surface area contributed by atoms with Gasteiger partial charge in [-0.1, -0.05) is 0 Å². The second-order valence-electron chi connectivity index (χ2n) is 2.58. The molecule has 0 saturated carbocycles. The number of ether oxygens (including phenoxy) is 1. The Morgan fingerprint density at radius 1 is 1.50 bits per heavy atom. The lowest BCUT2D eigenvalue weighted by atomic mass is 9.78. The highest BCUT2D eigenvalue weighted by Gasteiger charge is 2.24. The van der Waals surface area contributed by atoms with Gasteiger partial charge < -0.3 is 14.8 Å². The van der Waals surface area contributed by atoms with E-state index in [0.29, 0.717) is 6.29 Å². The van der Waals surface area contributed by atoms with Gasteiger partial charge in [0.05, 0.1) is 18.1 Å². The Morgan fingerprint density at radius 2 is 2.14 bits per heavy atom. The molecule has 1 aromatic carbocycles. The topological polar surface area (TPSA) is 66.8 Å². The summed E-state index contributed by atoms with van der Waals surface area (Å²) in [6.45, 7) is 0. The minimum Gasteiger partial charge on any atom is -0.496 e. The van der Waals surface area contributed by atoms with Gasteiger partial charge in [0.1, 0.15) is 11.6 Å². The Kier molecular flexibility index (Phi) is 3.21. The van der Waals surface area contributed by atoms with Crippen LogP contribution in [0.2, 0.25) is 0 Å². The lowest BCUT2D eigenvalue weighted by Gasteiger charge is -2.10. The van der Waals surface area contributed by atoms with Gasteiger partial charge in [-0.15, -0.1) is 0 Å². The molecule has 0 heterocycles. The van der Waals surface area contributed by atoms with Crippen LogP contribution in [0.5, 0.6) is 5.75 Å². The molecule has 0 amide bonds. The lowest BCUT2D eigenvalue weighted by Crippen LogP contribution is -2.34. The standard InChI is InChI=1S/C8H8BFO4/c1-14-8-5(4-11)2-3-6(10)7(8)9(12)13/h2-4,12-13H,1H3. The van der Waals surface area contributed by atoms with Gasteiger partial charge in [0.2, 0.25) is 0 Å². The van der Waals surface area contributed by atoms with Crippen molar-refractivity contribution in [2.24, 2.45) is 0 Å². The van der Waals surface area contributed by atoms with Crippen molar-refractivity contribution >= 4 is 18.9 Å². The van der Waals surface area contributed by atoms with Crippen LogP contribution in [0, 0.1) is 5.82 Å². The van der Waals surface area contributed by atoms with Crippen molar-refractivity contribution in [3.05, 3.63) is 23.5 Å². The average molecular weight is 198 g/mol. The van der Waals surface area contributed by atoms with Gasteiger partial charge in [0, 0.05) is 0 Å². The fourth-order valence-electron chi connectivity index (χ4n) is 1.15. The molecule has 0 radical (unpaired) electrons. The molecule has 14 heavy (non-hydrogen) atoms. The van der Waals surface area contributed by atoms with Gasteiger partial charge in [0.25, 0.3) is 0 Å². The maximum absolute atomic E-state index is 13.1. The molecule has 0 unspecified atom stereocenters. The number of carbonyl (C=O) groups is 1. The first-order valence-electron chi connectivity index (χ1n) is 3.79. The zero-order valence-corrected chi connectivity index (χ0v) is 7.40. The Labute approximate surface area is 80.1 Å². The summed E-state index contributed by atoms with van der Waals surface area (Å²) >= 11 is 0. The molecule has 2 N–H and O–H groups in total. The quantitative estimate of drug-likeness (QED) is 0.499. The maximum atomic E-state index is 13.1. The molecule has 0 aliphatic carbocycles. The second-order valence-corrected chi connectivity index (χ2v) is 2.58. The van der Waals surface area contributed by atoms with Crippen molar-refractivity contribution in [2.75, 3.05) is 7.11 Å².